The van der Waals surface area contributed by atoms with Gasteiger partial charge >= 0.3 is 0 Å². The number of alkyl halides is 3. The fraction of sp³-hybridized carbons (Fsp3) is 0.417. The van der Waals surface area contributed by atoms with Gasteiger partial charge < -0.3 is 4.90 Å². The lowest BCUT2D eigenvalue weighted by Crippen LogP contribution is -2.22. The van der Waals surface area contributed by atoms with Gasteiger partial charge in [-0.25, -0.2) is 0 Å². The van der Waals surface area contributed by atoms with Gasteiger partial charge in [0.15, 0.2) is 0 Å². The summed E-state index contributed by atoms with van der Waals surface area (Å²) >= 11 is 16.6. The van der Waals surface area contributed by atoms with Gasteiger partial charge in [0.2, 0.25) is 5.78 Å². The Kier molecular flexibility index (Phi) is 5.11. The monoisotopic (exact) mass is 293 g/mol. The molecule has 0 N–H and O–H groups in total. The summed E-state index contributed by atoms with van der Waals surface area (Å²) in [5.41, 5.74) is 1.46. The topological polar surface area (TPSA) is 20.3 Å². The van der Waals surface area contributed by atoms with Crippen molar-refractivity contribution in [1.82, 2.24) is 0 Å². The van der Waals surface area contributed by atoms with Crippen LogP contribution in [0.25, 0.3) is 0 Å². The van der Waals surface area contributed by atoms with Crippen LogP contribution >= 0.6 is 34.8 Å². The van der Waals surface area contributed by atoms with Gasteiger partial charge in [-0.3, -0.25) is 4.79 Å². The van der Waals surface area contributed by atoms with Crippen molar-refractivity contribution in [3.05, 3.63) is 29.8 Å². The number of hydrogen-bond acceptors (Lipinski definition) is 2. The van der Waals surface area contributed by atoms with E-state index in [0.29, 0.717) is 5.56 Å². The Morgan fingerprint density at radius 2 is 1.59 bits per heavy atom. The van der Waals surface area contributed by atoms with Crippen LogP contribution in [0.4, 0.5) is 5.69 Å². The maximum Gasteiger partial charge on any atom is 0.253 e. The summed E-state index contributed by atoms with van der Waals surface area (Å²) in [6.45, 7) is 5.97. The van der Waals surface area contributed by atoms with Crippen molar-refractivity contribution >= 4 is 46.3 Å². The van der Waals surface area contributed by atoms with E-state index in [1.54, 1.807) is 12.1 Å². The third-order valence-corrected chi connectivity index (χ3v) is 3.03. The van der Waals surface area contributed by atoms with Crippen LogP contribution in [0.15, 0.2) is 24.3 Å². The largest absolute Gasteiger partial charge is 0.372 e. The number of Topliss-reactive ketones (excluding diaryl/α,β-unsaturated/α-hetero) is 1. The first-order valence-electron chi connectivity index (χ1n) is 5.36. The maximum atomic E-state index is 11.7. The molecule has 0 amide bonds. The van der Waals surface area contributed by atoms with Crippen molar-refractivity contribution in [1.29, 1.82) is 0 Å². The van der Waals surface area contributed by atoms with Crippen molar-refractivity contribution in [3.8, 4) is 0 Å². The molecule has 1 aromatic carbocycles. The van der Waals surface area contributed by atoms with E-state index in [2.05, 4.69) is 18.7 Å². The number of nitrogens with zero attached hydrogens (tertiary/aromatic N) is 1. The molecule has 0 spiro atoms. The minimum Gasteiger partial charge on any atom is -0.372 e. The molecule has 2 nitrogen and oxygen atoms in total. The number of hydrogen-bond donors (Lipinski definition) is 0. The Morgan fingerprint density at radius 3 is 1.94 bits per heavy atom. The fourth-order valence-corrected chi connectivity index (χ4v) is 1.90. The summed E-state index contributed by atoms with van der Waals surface area (Å²) in [5.74, 6) is -0.506. The summed E-state index contributed by atoms with van der Waals surface area (Å²) in [6.07, 6.45) is 0. The molecule has 0 aliphatic heterocycles. The van der Waals surface area contributed by atoms with Crippen LogP contribution in [0, 0.1) is 0 Å². The van der Waals surface area contributed by atoms with Gasteiger partial charge in [-0.2, -0.15) is 0 Å². The quantitative estimate of drug-likeness (QED) is 0.616. The van der Waals surface area contributed by atoms with E-state index < -0.39 is 9.58 Å². The molecular weight excluding hydrogens is 280 g/mol. The number of carbonyl (C=O) groups excluding carboxylic acids is 1. The zero-order chi connectivity index (χ0) is 13.1. The first kappa shape index (κ1) is 14.6. The molecule has 1 aromatic rings. The van der Waals surface area contributed by atoms with Crippen molar-refractivity contribution in [2.45, 2.75) is 17.6 Å². The minimum atomic E-state index is -1.89. The molecular formula is C12H14Cl3NO. The SMILES string of the molecule is CCN(CC)c1ccc(C(=O)C(Cl)(Cl)Cl)cc1. The number of benzene rings is 1. The van der Waals surface area contributed by atoms with Gasteiger partial charge in [0, 0.05) is 24.3 Å². The lowest BCUT2D eigenvalue weighted by atomic mass is 10.1. The molecule has 0 radical (unpaired) electrons. The number of anilines is 1. The Labute approximate surface area is 116 Å². The highest BCUT2D eigenvalue weighted by molar-refractivity contribution is 6.77. The molecule has 0 bridgehead atoms. The van der Waals surface area contributed by atoms with Crippen LogP contribution in [-0.2, 0) is 0 Å². The van der Waals surface area contributed by atoms with Gasteiger partial charge in [0.25, 0.3) is 3.79 Å². The summed E-state index contributed by atoms with van der Waals surface area (Å²) in [4.78, 5) is 13.8. The van der Waals surface area contributed by atoms with E-state index in [4.69, 9.17) is 34.8 Å². The number of rotatable bonds is 4. The van der Waals surface area contributed by atoms with Gasteiger partial charge in [-0.1, -0.05) is 34.8 Å². The predicted octanol–water partition coefficient (Wildman–Crippen LogP) is 4.09. The average molecular weight is 295 g/mol. The van der Waals surface area contributed by atoms with E-state index in [-0.39, 0.29) is 0 Å². The third-order valence-electron chi connectivity index (χ3n) is 2.52. The number of ketones is 1. The van der Waals surface area contributed by atoms with Crippen LogP contribution in [0.1, 0.15) is 24.2 Å². The molecule has 0 saturated carbocycles. The van der Waals surface area contributed by atoms with E-state index in [1.807, 2.05) is 12.1 Å². The van der Waals surface area contributed by atoms with Crippen LogP contribution < -0.4 is 4.90 Å². The first-order chi connectivity index (χ1) is 7.90. The van der Waals surface area contributed by atoms with E-state index in [9.17, 15) is 4.79 Å². The highest BCUT2D eigenvalue weighted by Gasteiger charge is 2.31. The Morgan fingerprint density at radius 1 is 1.12 bits per heavy atom. The summed E-state index contributed by atoms with van der Waals surface area (Å²) in [6, 6.07) is 7.07. The molecule has 0 atom stereocenters. The van der Waals surface area contributed by atoms with Crippen molar-refractivity contribution in [2.24, 2.45) is 0 Å². The number of carbonyl (C=O) groups is 1. The lowest BCUT2D eigenvalue weighted by molar-refractivity contribution is 0.0996. The highest BCUT2D eigenvalue weighted by Crippen LogP contribution is 2.30. The highest BCUT2D eigenvalue weighted by atomic mass is 35.6. The minimum absolute atomic E-state index is 0.404. The number of halogens is 3. The third kappa shape index (κ3) is 3.77. The van der Waals surface area contributed by atoms with Crippen LogP contribution in [-0.4, -0.2) is 22.7 Å². The second-order valence-corrected chi connectivity index (χ2v) is 5.83. The lowest BCUT2D eigenvalue weighted by Gasteiger charge is -2.21. The van der Waals surface area contributed by atoms with Crippen molar-refractivity contribution < 1.29 is 4.79 Å². The summed E-state index contributed by atoms with van der Waals surface area (Å²) in [5, 5.41) is 0. The summed E-state index contributed by atoms with van der Waals surface area (Å²) in [7, 11) is 0. The standard InChI is InChI=1S/C12H14Cl3NO/c1-3-16(4-2)10-7-5-9(6-8-10)11(17)12(13,14)15/h5-8H,3-4H2,1-2H3. The molecule has 94 valence electrons. The average Bonchev–Trinajstić information content (AvgIpc) is 2.29. The predicted molar refractivity (Wildman–Crippen MR) is 74.6 cm³/mol. The molecule has 0 unspecified atom stereocenters. The van der Waals surface area contributed by atoms with Crippen LogP contribution in [0.3, 0.4) is 0 Å². The molecule has 0 aromatic heterocycles. The molecule has 1 rings (SSSR count). The van der Waals surface area contributed by atoms with Crippen LogP contribution in [0.2, 0.25) is 0 Å². The zero-order valence-corrected chi connectivity index (χ0v) is 12.0. The molecule has 0 saturated heterocycles. The van der Waals surface area contributed by atoms with Gasteiger partial charge in [-0.05, 0) is 38.1 Å². The maximum absolute atomic E-state index is 11.7. The molecule has 0 aliphatic carbocycles. The molecule has 0 aliphatic rings. The van der Waals surface area contributed by atoms with E-state index in [0.717, 1.165) is 18.8 Å². The zero-order valence-electron chi connectivity index (χ0n) is 9.71. The second-order valence-electron chi connectivity index (χ2n) is 3.55. The first-order valence-corrected chi connectivity index (χ1v) is 6.50. The van der Waals surface area contributed by atoms with Crippen molar-refractivity contribution in [3.63, 3.8) is 0 Å². The summed E-state index contributed by atoms with van der Waals surface area (Å²) < 4.78 is -1.89. The molecule has 0 heterocycles. The van der Waals surface area contributed by atoms with Gasteiger partial charge in [-0.15, -0.1) is 0 Å². The molecule has 5 heteroatoms. The van der Waals surface area contributed by atoms with Gasteiger partial charge in [0.1, 0.15) is 0 Å². The second kappa shape index (κ2) is 5.94. The normalized spacial score (nSPS) is 11.4. The Hall–Kier alpha value is -0.440. The van der Waals surface area contributed by atoms with Gasteiger partial charge in [0.05, 0.1) is 0 Å². The van der Waals surface area contributed by atoms with E-state index in [1.165, 1.54) is 0 Å². The van der Waals surface area contributed by atoms with E-state index >= 15 is 0 Å². The smallest absolute Gasteiger partial charge is 0.253 e. The van der Waals surface area contributed by atoms with Crippen LogP contribution in [0.5, 0.6) is 0 Å². The molecule has 17 heavy (non-hydrogen) atoms. The molecule has 0 fully saturated rings. The fourth-order valence-electron chi connectivity index (χ4n) is 1.58. The Bertz CT molecular complexity index is 380. The van der Waals surface area contributed by atoms with Crippen molar-refractivity contribution in [2.75, 3.05) is 18.0 Å². The Balaban J connectivity index is 2.92.